The summed E-state index contributed by atoms with van der Waals surface area (Å²) < 4.78 is 20.6. The van der Waals surface area contributed by atoms with Crippen LogP contribution in [0.4, 0.5) is 0 Å². The molecule has 96 valence electrons. The predicted octanol–water partition coefficient (Wildman–Crippen LogP) is 1.40. The molecule has 0 aliphatic carbocycles. The highest BCUT2D eigenvalue weighted by Gasteiger charge is 2.06. The lowest BCUT2D eigenvalue weighted by Gasteiger charge is -2.15. The summed E-state index contributed by atoms with van der Waals surface area (Å²) in [5, 5.41) is 8.73. The maximum Gasteiger partial charge on any atom is 0.191 e. The van der Waals surface area contributed by atoms with E-state index in [0.717, 1.165) is 5.75 Å². The summed E-state index contributed by atoms with van der Waals surface area (Å²) in [5.74, 6) is 1.46. The molecule has 0 bridgehead atoms. The van der Waals surface area contributed by atoms with Crippen molar-refractivity contribution in [2.75, 3.05) is 27.6 Å². The molecule has 0 aliphatic rings. The first-order valence-corrected chi connectivity index (χ1v) is 5.32. The van der Waals surface area contributed by atoms with Crippen LogP contribution in [0.15, 0.2) is 24.3 Å². The van der Waals surface area contributed by atoms with Crippen LogP contribution in [-0.2, 0) is 9.47 Å². The van der Waals surface area contributed by atoms with Crippen LogP contribution >= 0.6 is 0 Å². The van der Waals surface area contributed by atoms with Crippen LogP contribution in [0.3, 0.4) is 0 Å². The number of rotatable bonds is 8. The van der Waals surface area contributed by atoms with Crippen LogP contribution in [0, 0.1) is 0 Å². The number of hydrogen-bond donors (Lipinski definition) is 1. The molecule has 0 saturated carbocycles. The fourth-order valence-electron chi connectivity index (χ4n) is 1.22. The molecule has 0 heterocycles. The van der Waals surface area contributed by atoms with E-state index in [0.29, 0.717) is 12.2 Å². The molecule has 1 unspecified atom stereocenters. The Morgan fingerprint density at radius 2 is 1.76 bits per heavy atom. The van der Waals surface area contributed by atoms with Gasteiger partial charge in [0.1, 0.15) is 11.5 Å². The van der Waals surface area contributed by atoms with E-state index in [1.165, 1.54) is 7.11 Å². The van der Waals surface area contributed by atoms with Gasteiger partial charge in [-0.3, -0.25) is 0 Å². The van der Waals surface area contributed by atoms with Gasteiger partial charge < -0.3 is 24.1 Å². The van der Waals surface area contributed by atoms with Gasteiger partial charge in [-0.1, -0.05) is 0 Å². The number of aliphatic hydroxyl groups excluding tert-OH is 1. The fraction of sp³-hybridized carbons (Fsp3) is 0.500. The zero-order valence-corrected chi connectivity index (χ0v) is 10.1. The van der Waals surface area contributed by atoms with Gasteiger partial charge in [-0.15, -0.1) is 0 Å². The highest BCUT2D eigenvalue weighted by Crippen LogP contribution is 2.17. The Bertz CT molecular complexity index is 298. The molecule has 5 nitrogen and oxygen atoms in total. The van der Waals surface area contributed by atoms with Crippen molar-refractivity contribution in [2.24, 2.45) is 0 Å². The lowest BCUT2D eigenvalue weighted by atomic mass is 10.3. The third-order valence-corrected chi connectivity index (χ3v) is 2.17. The van der Waals surface area contributed by atoms with Gasteiger partial charge in [-0.05, 0) is 24.3 Å². The standard InChI is InChI=1S/C12H18O5/c1-14-10-3-5-11(6-4-10)16-9-17-12(15-2)7-8-13/h3-6,12-13H,7-9H2,1-2H3. The van der Waals surface area contributed by atoms with Crippen LogP contribution in [0.5, 0.6) is 11.5 Å². The summed E-state index contributed by atoms with van der Waals surface area (Å²) >= 11 is 0. The van der Waals surface area contributed by atoms with Gasteiger partial charge in [0.25, 0.3) is 0 Å². The van der Waals surface area contributed by atoms with Crippen LogP contribution in [0.1, 0.15) is 6.42 Å². The maximum atomic E-state index is 8.73. The molecular formula is C12H18O5. The summed E-state index contributed by atoms with van der Waals surface area (Å²) in [4.78, 5) is 0. The maximum absolute atomic E-state index is 8.73. The molecule has 0 aromatic heterocycles. The molecule has 1 atom stereocenters. The van der Waals surface area contributed by atoms with Crippen molar-refractivity contribution in [3.63, 3.8) is 0 Å². The fourth-order valence-corrected chi connectivity index (χ4v) is 1.22. The minimum Gasteiger partial charge on any atom is -0.497 e. The van der Waals surface area contributed by atoms with Gasteiger partial charge in [0.15, 0.2) is 13.1 Å². The molecule has 0 radical (unpaired) electrons. The van der Waals surface area contributed by atoms with Crippen molar-refractivity contribution in [3.05, 3.63) is 24.3 Å². The number of ether oxygens (including phenoxy) is 4. The Labute approximate surface area is 101 Å². The SMILES string of the molecule is COc1ccc(OCOC(CCO)OC)cc1. The third-order valence-electron chi connectivity index (χ3n) is 2.17. The van der Waals surface area contributed by atoms with E-state index in [9.17, 15) is 0 Å². The highest BCUT2D eigenvalue weighted by molar-refractivity contribution is 5.30. The second kappa shape index (κ2) is 7.89. The summed E-state index contributed by atoms with van der Waals surface area (Å²) in [5.41, 5.74) is 0. The van der Waals surface area contributed by atoms with Gasteiger partial charge in [-0.2, -0.15) is 0 Å². The van der Waals surface area contributed by atoms with Crippen molar-refractivity contribution < 1.29 is 24.1 Å². The molecule has 1 aromatic rings. The van der Waals surface area contributed by atoms with E-state index in [4.69, 9.17) is 24.1 Å². The number of benzene rings is 1. The highest BCUT2D eigenvalue weighted by atomic mass is 16.7. The molecule has 0 amide bonds. The smallest absolute Gasteiger partial charge is 0.191 e. The Hall–Kier alpha value is -1.30. The first-order chi connectivity index (χ1) is 8.30. The van der Waals surface area contributed by atoms with Gasteiger partial charge in [0, 0.05) is 20.1 Å². The van der Waals surface area contributed by atoms with Crippen molar-refractivity contribution in [1.29, 1.82) is 0 Å². The summed E-state index contributed by atoms with van der Waals surface area (Å²) in [6.45, 7) is 0.0892. The first kappa shape index (κ1) is 13.8. The molecule has 0 fully saturated rings. The summed E-state index contributed by atoms with van der Waals surface area (Å²) in [6, 6.07) is 7.18. The largest absolute Gasteiger partial charge is 0.497 e. The summed E-state index contributed by atoms with van der Waals surface area (Å²) in [7, 11) is 3.13. The molecule has 1 aromatic carbocycles. The number of aliphatic hydroxyl groups is 1. The van der Waals surface area contributed by atoms with Gasteiger partial charge in [0.05, 0.1) is 7.11 Å². The number of hydrogen-bond acceptors (Lipinski definition) is 5. The molecule has 17 heavy (non-hydrogen) atoms. The van der Waals surface area contributed by atoms with Crippen molar-refractivity contribution in [2.45, 2.75) is 12.7 Å². The van der Waals surface area contributed by atoms with Crippen LogP contribution in [0.2, 0.25) is 0 Å². The molecule has 0 saturated heterocycles. The lowest BCUT2D eigenvalue weighted by Crippen LogP contribution is -2.19. The second-order valence-corrected chi connectivity index (χ2v) is 3.28. The molecule has 5 heteroatoms. The molecule has 0 aliphatic heterocycles. The van der Waals surface area contributed by atoms with E-state index < -0.39 is 6.29 Å². The van der Waals surface area contributed by atoms with Crippen molar-refractivity contribution in [3.8, 4) is 11.5 Å². The van der Waals surface area contributed by atoms with Crippen molar-refractivity contribution in [1.82, 2.24) is 0 Å². The van der Waals surface area contributed by atoms with E-state index in [1.807, 2.05) is 0 Å². The Kier molecular flexibility index (Phi) is 6.39. The van der Waals surface area contributed by atoms with E-state index in [-0.39, 0.29) is 13.4 Å². The van der Waals surface area contributed by atoms with Crippen LogP contribution < -0.4 is 9.47 Å². The Morgan fingerprint density at radius 3 is 2.29 bits per heavy atom. The van der Waals surface area contributed by atoms with Crippen molar-refractivity contribution >= 4 is 0 Å². The zero-order valence-electron chi connectivity index (χ0n) is 10.1. The normalized spacial score (nSPS) is 12.2. The van der Waals surface area contributed by atoms with E-state index in [2.05, 4.69) is 0 Å². The topological polar surface area (TPSA) is 57.2 Å². The minimum absolute atomic E-state index is 0.0149. The third kappa shape index (κ3) is 5.04. The molecule has 1 N–H and O–H groups in total. The van der Waals surface area contributed by atoms with Crippen LogP contribution in [0.25, 0.3) is 0 Å². The lowest BCUT2D eigenvalue weighted by molar-refractivity contribution is -0.166. The molecular weight excluding hydrogens is 224 g/mol. The van der Waals surface area contributed by atoms with Gasteiger partial charge >= 0.3 is 0 Å². The summed E-state index contributed by atoms with van der Waals surface area (Å²) in [6.07, 6.45) is -0.0269. The van der Waals surface area contributed by atoms with Gasteiger partial charge in [-0.25, -0.2) is 0 Å². The monoisotopic (exact) mass is 242 g/mol. The quantitative estimate of drug-likeness (QED) is 0.698. The van der Waals surface area contributed by atoms with E-state index >= 15 is 0 Å². The van der Waals surface area contributed by atoms with Gasteiger partial charge in [0.2, 0.25) is 0 Å². The Morgan fingerprint density at radius 1 is 1.12 bits per heavy atom. The molecule has 0 spiro atoms. The first-order valence-electron chi connectivity index (χ1n) is 5.32. The molecule has 1 rings (SSSR count). The van der Waals surface area contributed by atoms with Crippen LogP contribution in [-0.4, -0.2) is 39.0 Å². The Balaban J connectivity index is 2.29. The average molecular weight is 242 g/mol. The van der Waals surface area contributed by atoms with E-state index in [1.54, 1.807) is 31.4 Å². The number of methoxy groups -OCH3 is 2. The second-order valence-electron chi connectivity index (χ2n) is 3.28. The predicted molar refractivity (Wildman–Crippen MR) is 62.1 cm³/mol. The average Bonchev–Trinajstić information content (AvgIpc) is 2.38. The zero-order chi connectivity index (χ0) is 12.5. The minimum atomic E-state index is -0.446.